The van der Waals surface area contributed by atoms with E-state index < -0.39 is 0 Å². The van der Waals surface area contributed by atoms with E-state index in [1.165, 1.54) is 37.7 Å². The number of allylic oxidation sites excluding steroid dienone is 1. The van der Waals surface area contributed by atoms with Gasteiger partial charge in [-0.1, -0.05) is 39.0 Å². The molecule has 1 heterocycles. The highest BCUT2D eigenvalue weighted by molar-refractivity contribution is 5.90. The van der Waals surface area contributed by atoms with Gasteiger partial charge in [-0.15, -0.1) is 0 Å². The van der Waals surface area contributed by atoms with Crippen molar-refractivity contribution in [2.45, 2.75) is 58.3 Å². The lowest BCUT2D eigenvalue weighted by molar-refractivity contribution is -0.114. The molecule has 0 aromatic heterocycles. The van der Waals surface area contributed by atoms with Gasteiger partial charge in [0, 0.05) is 6.42 Å². The van der Waals surface area contributed by atoms with Crippen molar-refractivity contribution in [2.75, 3.05) is 13.2 Å². The summed E-state index contributed by atoms with van der Waals surface area (Å²) in [4.78, 5) is 11.6. The van der Waals surface area contributed by atoms with E-state index in [1.807, 2.05) is 0 Å². The SMILES string of the molecule is CCCCCCCCC(=O)/C=C1/CCOC1. The molecule has 0 N–H and O–H groups in total. The second-order valence-electron chi connectivity index (χ2n) is 4.59. The van der Waals surface area contributed by atoms with E-state index in [4.69, 9.17) is 4.74 Å². The van der Waals surface area contributed by atoms with Gasteiger partial charge in [0.2, 0.25) is 0 Å². The molecule has 0 atom stereocenters. The minimum atomic E-state index is 0.288. The molecule has 0 saturated carbocycles. The van der Waals surface area contributed by atoms with Crippen LogP contribution in [-0.4, -0.2) is 19.0 Å². The molecule has 1 aliphatic rings. The molecule has 0 unspecified atom stereocenters. The van der Waals surface area contributed by atoms with Crippen LogP contribution in [0.1, 0.15) is 58.3 Å². The zero-order valence-electron chi connectivity index (χ0n) is 10.5. The topological polar surface area (TPSA) is 26.3 Å². The predicted octanol–water partition coefficient (Wildman–Crippen LogP) is 3.65. The van der Waals surface area contributed by atoms with Crippen molar-refractivity contribution in [1.29, 1.82) is 0 Å². The smallest absolute Gasteiger partial charge is 0.155 e. The van der Waals surface area contributed by atoms with Crippen molar-refractivity contribution in [3.63, 3.8) is 0 Å². The fraction of sp³-hybridized carbons (Fsp3) is 0.786. The average molecular weight is 224 g/mol. The fourth-order valence-electron chi connectivity index (χ4n) is 1.97. The molecular formula is C14H24O2. The third kappa shape index (κ3) is 6.06. The first-order valence-electron chi connectivity index (χ1n) is 6.63. The summed E-state index contributed by atoms with van der Waals surface area (Å²) in [5.41, 5.74) is 1.18. The number of carbonyl (C=O) groups is 1. The highest BCUT2D eigenvalue weighted by Gasteiger charge is 2.08. The molecule has 0 aliphatic carbocycles. The van der Waals surface area contributed by atoms with Gasteiger partial charge in [0.25, 0.3) is 0 Å². The van der Waals surface area contributed by atoms with Gasteiger partial charge in [0.05, 0.1) is 13.2 Å². The van der Waals surface area contributed by atoms with E-state index >= 15 is 0 Å². The van der Waals surface area contributed by atoms with E-state index in [1.54, 1.807) is 6.08 Å². The fourth-order valence-corrected chi connectivity index (χ4v) is 1.97. The van der Waals surface area contributed by atoms with Crippen LogP contribution in [-0.2, 0) is 9.53 Å². The number of unbranched alkanes of at least 4 members (excludes halogenated alkanes) is 5. The number of rotatable bonds is 8. The van der Waals surface area contributed by atoms with Gasteiger partial charge < -0.3 is 4.74 Å². The van der Waals surface area contributed by atoms with Crippen LogP contribution in [0.3, 0.4) is 0 Å². The van der Waals surface area contributed by atoms with Crippen molar-refractivity contribution < 1.29 is 9.53 Å². The molecule has 2 nitrogen and oxygen atoms in total. The normalized spacial score (nSPS) is 18.2. The number of ketones is 1. The maximum absolute atomic E-state index is 11.6. The van der Waals surface area contributed by atoms with Crippen molar-refractivity contribution >= 4 is 5.78 Å². The van der Waals surface area contributed by atoms with Crippen LogP contribution in [0.15, 0.2) is 11.6 Å². The van der Waals surface area contributed by atoms with Crippen molar-refractivity contribution in [3.8, 4) is 0 Å². The highest BCUT2D eigenvalue weighted by Crippen LogP contribution is 2.12. The lowest BCUT2D eigenvalue weighted by Crippen LogP contribution is -1.95. The number of carbonyl (C=O) groups excluding carboxylic acids is 1. The Labute approximate surface area is 99.1 Å². The Balaban J connectivity index is 2.00. The summed E-state index contributed by atoms with van der Waals surface area (Å²) in [5.74, 6) is 0.288. The number of hydrogen-bond donors (Lipinski definition) is 0. The van der Waals surface area contributed by atoms with Crippen molar-refractivity contribution in [2.24, 2.45) is 0 Å². The zero-order valence-corrected chi connectivity index (χ0v) is 10.5. The molecule has 1 fully saturated rings. The van der Waals surface area contributed by atoms with Crippen LogP contribution < -0.4 is 0 Å². The van der Waals surface area contributed by atoms with Crippen LogP contribution in [0, 0.1) is 0 Å². The standard InChI is InChI=1S/C14H24O2/c1-2-3-4-5-6-7-8-14(15)11-13-9-10-16-12-13/h11H,2-10,12H2,1H3/b13-11-. The van der Waals surface area contributed by atoms with Gasteiger partial charge in [-0.05, 0) is 24.5 Å². The summed E-state index contributed by atoms with van der Waals surface area (Å²) in [5, 5.41) is 0. The Hall–Kier alpha value is -0.630. The Morgan fingerprint density at radius 1 is 1.25 bits per heavy atom. The molecule has 0 bridgehead atoms. The number of ether oxygens (including phenoxy) is 1. The summed E-state index contributed by atoms with van der Waals surface area (Å²) in [6.45, 7) is 3.68. The van der Waals surface area contributed by atoms with Crippen LogP contribution in [0.2, 0.25) is 0 Å². The van der Waals surface area contributed by atoms with Crippen LogP contribution in [0.5, 0.6) is 0 Å². The molecule has 1 aliphatic heterocycles. The first kappa shape index (κ1) is 13.4. The molecular weight excluding hydrogens is 200 g/mol. The van der Waals surface area contributed by atoms with Crippen molar-refractivity contribution in [1.82, 2.24) is 0 Å². The van der Waals surface area contributed by atoms with E-state index in [2.05, 4.69) is 6.92 Å². The first-order valence-corrected chi connectivity index (χ1v) is 6.63. The third-order valence-electron chi connectivity index (χ3n) is 3.00. The van der Waals surface area contributed by atoms with Crippen LogP contribution in [0.25, 0.3) is 0 Å². The minimum absolute atomic E-state index is 0.288. The summed E-state index contributed by atoms with van der Waals surface area (Å²) < 4.78 is 5.21. The van der Waals surface area contributed by atoms with Gasteiger partial charge >= 0.3 is 0 Å². The Bertz CT molecular complexity index is 223. The molecule has 1 rings (SSSR count). The molecule has 2 heteroatoms. The summed E-state index contributed by atoms with van der Waals surface area (Å²) in [6, 6.07) is 0. The Morgan fingerprint density at radius 3 is 2.69 bits per heavy atom. The molecule has 0 radical (unpaired) electrons. The summed E-state index contributed by atoms with van der Waals surface area (Å²) in [7, 11) is 0. The van der Waals surface area contributed by atoms with Gasteiger partial charge in [0.15, 0.2) is 5.78 Å². The van der Waals surface area contributed by atoms with Gasteiger partial charge in [-0.25, -0.2) is 0 Å². The van der Waals surface area contributed by atoms with E-state index in [9.17, 15) is 4.79 Å². The maximum atomic E-state index is 11.6. The Kier molecular flexibility index (Phi) is 7.15. The van der Waals surface area contributed by atoms with E-state index in [-0.39, 0.29) is 5.78 Å². The number of hydrogen-bond acceptors (Lipinski definition) is 2. The summed E-state index contributed by atoms with van der Waals surface area (Å²) in [6.07, 6.45) is 10.9. The molecule has 0 spiro atoms. The molecule has 0 aromatic carbocycles. The van der Waals surface area contributed by atoms with E-state index in [0.29, 0.717) is 6.61 Å². The third-order valence-corrected chi connectivity index (χ3v) is 3.00. The molecule has 0 amide bonds. The highest BCUT2D eigenvalue weighted by atomic mass is 16.5. The average Bonchev–Trinajstić information content (AvgIpc) is 2.76. The molecule has 0 aromatic rings. The molecule has 92 valence electrons. The first-order chi connectivity index (χ1) is 7.83. The van der Waals surface area contributed by atoms with Crippen LogP contribution in [0.4, 0.5) is 0 Å². The quantitative estimate of drug-likeness (QED) is 0.464. The molecule has 1 saturated heterocycles. The maximum Gasteiger partial charge on any atom is 0.155 e. The lowest BCUT2D eigenvalue weighted by Gasteiger charge is -1.99. The van der Waals surface area contributed by atoms with Gasteiger partial charge in [-0.2, -0.15) is 0 Å². The summed E-state index contributed by atoms with van der Waals surface area (Å²) >= 11 is 0. The van der Waals surface area contributed by atoms with E-state index in [0.717, 1.165) is 25.9 Å². The minimum Gasteiger partial charge on any atom is -0.377 e. The second-order valence-corrected chi connectivity index (χ2v) is 4.59. The van der Waals surface area contributed by atoms with Crippen molar-refractivity contribution in [3.05, 3.63) is 11.6 Å². The van der Waals surface area contributed by atoms with Gasteiger partial charge in [0.1, 0.15) is 0 Å². The Morgan fingerprint density at radius 2 is 2.00 bits per heavy atom. The van der Waals surface area contributed by atoms with Gasteiger partial charge in [-0.3, -0.25) is 4.79 Å². The lowest BCUT2D eigenvalue weighted by atomic mass is 10.1. The zero-order chi connectivity index (χ0) is 11.6. The van der Waals surface area contributed by atoms with Crippen LogP contribution >= 0.6 is 0 Å². The largest absolute Gasteiger partial charge is 0.377 e. The monoisotopic (exact) mass is 224 g/mol. The predicted molar refractivity (Wildman–Crippen MR) is 66.5 cm³/mol. The second kappa shape index (κ2) is 8.51. The molecule has 16 heavy (non-hydrogen) atoms.